The van der Waals surface area contributed by atoms with Gasteiger partial charge < -0.3 is 0 Å². The third-order valence-electron chi connectivity index (χ3n) is 2.89. The van der Waals surface area contributed by atoms with E-state index in [2.05, 4.69) is 0 Å². The van der Waals surface area contributed by atoms with E-state index < -0.39 is 16.7 Å². The third kappa shape index (κ3) is 0.971. The van der Waals surface area contributed by atoms with E-state index in [1.54, 1.807) is 24.3 Å². The first-order valence-corrected chi connectivity index (χ1v) is 4.21. The van der Waals surface area contributed by atoms with Crippen molar-refractivity contribution >= 4 is 0 Å². The zero-order chi connectivity index (χ0) is 11.5. The average Bonchev–Trinajstić information content (AvgIpc) is 2.63. The van der Waals surface area contributed by atoms with E-state index in [1.165, 1.54) is 0 Å². The predicted octanol–water partition coefficient (Wildman–Crippen LogP) is 0.987. The molecule has 0 bridgehead atoms. The van der Waals surface area contributed by atoms with Crippen molar-refractivity contribution in [1.82, 2.24) is 0 Å². The fourth-order valence-corrected chi connectivity index (χ4v) is 1.92. The lowest BCUT2D eigenvalue weighted by Gasteiger charge is -2.24. The highest BCUT2D eigenvalue weighted by Crippen LogP contribution is 2.55. The van der Waals surface area contributed by atoms with Crippen LogP contribution in [0.4, 0.5) is 0 Å². The monoisotopic (exact) mass is 195 g/mol. The molecule has 1 aliphatic carbocycles. The van der Waals surface area contributed by atoms with Gasteiger partial charge in [-0.1, -0.05) is 0 Å². The number of hydrogen-bond acceptors (Lipinski definition) is 5. The number of rotatable bonds is 0. The highest BCUT2D eigenvalue weighted by Gasteiger charge is 2.64. The molecular formula is C10H5N5. The Morgan fingerprint density at radius 1 is 0.867 bits per heavy atom. The van der Waals surface area contributed by atoms with Crippen LogP contribution in [0.25, 0.3) is 0 Å². The third-order valence-corrected chi connectivity index (χ3v) is 2.89. The van der Waals surface area contributed by atoms with Crippen molar-refractivity contribution in [2.45, 2.75) is 12.8 Å². The quantitative estimate of drug-likeness (QED) is 0.570. The Balaban J connectivity index is 3.49. The van der Waals surface area contributed by atoms with E-state index in [4.69, 9.17) is 26.3 Å². The van der Waals surface area contributed by atoms with E-state index in [0.717, 1.165) is 0 Å². The highest BCUT2D eigenvalue weighted by atomic mass is 14.6. The summed E-state index contributed by atoms with van der Waals surface area (Å²) in [7, 11) is 0. The fraction of sp³-hybridized carbons (Fsp3) is 0.500. The lowest BCUT2D eigenvalue weighted by Crippen LogP contribution is -2.37. The second kappa shape index (κ2) is 3.31. The molecular weight excluding hydrogens is 190 g/mol. The van der Waals surface area contributed by atoms with Crippen molar-refractivity contribution in [3.05, 3.63) is 0 Å². The van der Waals surface area contributed by atoms with Crippen molar-refractivity contribution in [3.63, 3.8) is 0 Å². The SMILES string of the molecule is N#CC1CCC(C#N)(C#N)C1(C#N)C#N. The summed E-state index contributed by atoms with van der Waals surface area (Å²) < 4.78 is 0. The van der Waals surface area contributed by atoms with Crippen LogP contribution in [0.5, 0.6) is 0 Å². The Morgan fingerprint density at radius 2 is 1.40 bits per heavy atom. The van der Waals surface area contributed by atoms with Gasteiger partial charge in [0.2, 0.25) is 0 Å². The molecule has 0 amide bonds. The average molecular weight is 195 g/mol. The maximum Gasteiger partial charge on any atom is 0.190 e. The summed E-state index contributed by atoms with van der Waals surface area (Å²) >= 11 is 0. The zero-order valence-electron chi connectivity index (χ0n) is 7.73. The lowest BCUT2D eigenvalue weighted by atomic mass is 9.66. The van der Waals surface area contributed by atoms with Crippen LogP contribution in [0.15, 0.2) is 0 Å². The molecule has 0 aromatic carbocycles. The van der Waals surface area contributed by atoms with Gasteiger partial charge in [-0.05, 0) is 12.8 Å². The largest absolute Gasteiger partial charge is 0.198 e. The van der Waals surface area contributed by atoms with E-state index in [9.17, 15) is 0 Å². The van der Waals surface area contributed by atoms with Gasteiger partial charge in [-0.25, -0.2) is 0 Å². The van der Waals surface area contributed by atoms with Crippen LogP contribution in [0, 0.1) is 73.4 Å². The van der Waals surface area contributed by atoms with Crippen molar-refractivity contribution < 1.29 is 0 Å². The highest BCUT2D eigenvalue weighted by molar-refractivity contribution is 5.40. The summed E-state index contributed by atoms with van der Waals surface area (Å²) in [5, 5.41) is 44.7. The molecule has 70 valence electrons. The summed E-state index contributed by atoms with van der Waals surface area (Å²) in [5.74, 6) is -0.869. The standard InChI is InChI=1S/C10H5N5/c11-3-8-1-2-9(4-12,5-13)10(8,6-14)7-15/h8H,1-2H2. The lowest BCUT2D eigenvalue weighted by molar-refractivity contribution is 0.321. The molecule has 0 aromatic rings. The Morgan fingerprint density at radius 3 is 1.73 bits per heavy atom. The van der Waals surface area contributed by atoms with Crippen LogP contribution < -0.4 is 0 Å². The number of nitriles is 5. The molecule has 0 heterocycles. The first-order valence-electron chi connectivity index (χ1n) is 4.21. The predicted molar refractivity (Wildman–Crippen MR) is 45.7 cm³/mol. The number of nitrogens with zero attached hydrogens (tertiary/aromatic N) is 5. The molecule has 5 nitrogen and oxygen atoms in total. The minimum atomic E-state index is -1.81. The van der Waals surface area contributed by atoms with Gasteiger partial charge in [-0.15, -0.1) is 0 Å². The molecule has 0 N–H and O–H groups in total. The van der Waals surface area contributed by atoms with Crippen LogP contribution in [0.2, 0.25) is 0 Å². The van der Waals surface area contributed by atoms with Crippen LogP contribution >= 0.6 is 0 Å². The van der Waals surface area contributed by atoms with E-state index >= 15 is 0 Å². The van der Waals surface area contributed by atoms with Gasteiger partial charge in [0.25, 0.3) is 0 Å². The molecule has 0 aromatic heterocycles. The summed E-state index contributed by atoms with van der Waals surface area (Å²) in [5.41, 5.74) is -3.48. The van der Waals surface area contributed by atoms with Gasteiger partial charge >= 0.3 is 0 Å². The first-order chi connectivity index (χ1) is 7.16. The van der Waals surface area contributed by atoms with Crippen LogP contribution in [0.1, 0.15) is 12.8 Å². The summed E-state index contributed by atoms with van der Waals surface area (Å²) in [6.07, 6.45) is 0.331. The molecule has 0 spiro atoms. The van der Waals surface area contributed by atoms with Crippen molar-refractivity contribution in [2.24, 2.45) is 16.7 Å². The van der Waals surface area contributed by atoms with Gasteiger partial charge in [0.05, 0.1) is 36.3 Å². The molecule has 15 heavy (non-hydrogen) atoms. The van der Waals surface area contributed by atoms with Crippen molar-refractivity contribution in [1.29, 1.82) is 26.3 Å². The zero-order valence-corrected chi connectivity index (χ0v) is 7.73. The Labute approximate surface area is 87.0 Å². The second-order valence-electron chi connectivity index (χ2n) is 3.38. The molecule has 1 saturated carbocycles. The van der Waals surface area contributed by atoms with E-state index in [-0.39, 0.29) is 12.8 Å². The molecule has 1 atom stereocenters. The summed E-state index contributed by atoms with van der Waals surface area (Å²) in [6, 6.07) is 8.67. The van der Waals surface area contributed by atoms with E-state index in [0.29, 0.717) is 0 Å². The molecule has 1 rings (SSSR count). The Hall–Kier alpha value is -2.55. The van der Waals surface area contributed by atoms with Gasteiger partial charge in [0.15, 0.2) is 10.8 Å². The van der Waals surface area contributed by atoms with Crippen molar-refractivity contribution in [3.8, 4) is 30.3 Å². The smallest absolute Gasteiger partial charge is 0.190 e. The molecule has 0 radical (unpaired) electrons. The molecule has 0 saturated heterocycles. The van der Waals surface area contributed by atoms with Crippen molar-refractivity contribution in [2.75, 3.05) is 0 Å². The Bertz CT molecular complexity index is 456. The molecule has 0 aliphatic heterocycles. The minimum Gasteiger partial charge on any atom is -0.198 e. The molecule has 1 unspecified atom stereocenters. The first kappa shape index (κ1) is 10.5. The summed E-state index contributed by atoms with van der Waals surface area (Å²) in [6.45, 7) is 0. The van der Waals surface area contributed by atoms with Gasteiger partial charge in [0.1, 0.15) is 0 Å². The maximum atomic E-state index is 8.99. The fourth-order valence-electron chi connectivity index (χ4n) is 1.92. The van der Waals surface area contributed by atoms with Crippen LogP contribution in [0.3, 0.4) is 0 Å². The van der Waals surface area contributed by atoms with Gasteiger partial charge in [0, 0.05) is 0 Å². The van der Waals surface area contributed by atoms with E-state index in [1.807, 2.05) is 6.07 Å². The van der Waals surface area contributed by atoms with Crippen LogP contribution in [-0.4, -0.2) is 0 Å². The summed E-state index contributed by atoms with van der Waals surface area (Å²) in [4.78, 5) is 0. The Kier molecular flexibility index (Phi) is 2.32. The topological polar surface area (TPSA) is 119 Å². The normalized spacial score (nSPS) is 24.9. The van der Waals surface area contributed by atoms with Gasteiger partial charge in [-0.3, -0.25) is 0 Å². The molecule has 5 heteroatoms. The van der Waals surface area contributed by atoms with Gasteiger partial charge in [-0.2, -0.15) is 26.3 Å². The van der Waals surface area contributed by atoms with Crippen LogP contribution in [-0.2, 0) is 0 Å². The molecule has 1 aliphatic rings. The number of hydrogen-bond donors (Lipinski definition) is 0. The second-order valence-corrected chi connectivity index (χ2v) is 3.38. The minimum absolute atomic E-state index is 0.0966. The maximum absolute atomic E-state index is 8.99. The molecule has 1 fully saturated rings.